The summed E-state index contributed by atoms with van der Waals surface area (Å²) in [5.74, 6) is 2.28. The van der Waals surface area contributed by atoms with Crippen molar-refractivity contribution in [1.82, 2.24) is 0 Å². The molecular formula is C24H22NO5+. The van der Waals surface area contributed by atoms with Gasteiger partial charge in [-0.2, -0.15) is 4.57 Å². The SMILES string of the molecule is COCCOc1ccc2c(c1O)c1[n+](c3c4cc5c(cc4ccc23)OCO5)CCC1. The molecule has 6 heteroatoms. The van der Waals surface area contributed by atoms with E-state index in [1.54, 1.807) is 7.11 Å². The number of aromatic hydroxyl groups is 1. The van der Waals surface area contributed by atoms with Crippen LogP contribution in [0.2, 0.25) is 0 Å². The van der Waals surface area contributed by atoms with Gasteiger partial charge in [0.15, 0.2) is 28.7 Å². The predicted octanol–water partition coefficient (Wildman–Crippen LogP) is 3.84. The zero-order valence-corrected chi connectivity index (χ0v) is 16.7. The monoisotopic (exact) mass is 404 g/mol. The molecule has 3 aromatic carbocycles. The second-order valence-electron chi connectivity index (χ2n) is 7.77. The van der Waals surface area contributed by atoms with Crippen LogP contribution in [0, 0.1) is 0 Å². The van der Waals surface area contributed by atoms with Gasteiger partial charge in [0.05, 0.1) is 22.8 Å². The number of nitrogens with zero attached hydrogens (tertiary/aromatic N) is 1. The van der Waals surface area contributed by atoms with E-state index in [2.05, 4.69) is 28.8 Å². The third kappa shape index (κ3) is 2.43. The Bertz CT molecular complexity index is 1330. The average Bonchev–Trinajstić information content (AvgIpc) is 3.42. The Morgan fingerprint density at radius 3 is 2.70 bits per heavy atom. The molecule has 0 radical (unpaired) electrons. The van der Waals surface area contributed by atoms with Crippen molar-refractivity contribution in [3.63, 3.8) is 0 Å². The molecule has 6 rings (SSSR count). The summed E-state index contributed by atoms with van der Waals surface area (Å²) in [6, 6.07) is 12.3. The fourth-order valence-corrected chi connectivity index (χ4v) is 4.83. The minimum atomic E-state index is 0.210. The van der Waals surface area contributed by atoms with E-state index in [1.807, 2.05) is 12.1 Å². The van der Waals surface area contributed by atoms with Crippen molar-refractivity contribution in [2.24, 2.45) is 0 Å². The van der Waals surface area contributed by atoms with Gasteiger partial charge in [0.25, 0.3) is 0 Å². The Labute approximate surface area is 173 Å². The zero-order chi connectivity index (χ0) is 20.2. The second kappa shape index (κ2) is 6.64. The molecule has 0 amide bonds. The Morgan fingerprint density at radius 2 is 1.83 bits per heavy atom. The van der Waals surface area contributed by atoms with Gasteiger partial charge in [-0.05, 0) is 35.7 Å². The zero-order valence-electron chi connectivity index (χ0n) is 16.7. The number of methoxy groups -OCH3 is 1. The Morgan fingerprint density at radius 1 is 1.00 bits per heavy atom. The van der Waals surface area contributed by atoms with Crippen LogP contribution in [-0.4, -0.2) is 32.2 Å². The number of hydrogen-bond acceptors (Lipinski definition) is 5. The van der Waals surface area contributed by atoms with Crippen LogP contribution in [-0.2, 0) is 17.7 Å². The highest BCUT2D eigenvalue weighted by molar-refractivity contribution is 6.16. The molecule has 3 heterocycles. The van der Waals surface area contributed by atoms with Crippen LogP contribution in [0.25, 0.3) is 32.4 Å². The van der Waals surface area contributed by atoms with Gasteiger partial charge in [-0.1, -0.05) is 6.07 Å². The lowest BCUT2D eigenvalue weighted by Crippen LogP contribution is -2.34. The highest BCUT2D eigenvalue weighted by atomic mass is 16.7. The van der Waals surface area contributed by atoms with Crippen molar-refractivity contribution in [1.29, 1.82) is 0 Å². The number of aromatic nitrogens is 1. The van der Waals surface area contributed by atoms with E-state index in [9.17, 15) is 5.11 Å². The third-order valence-electron chi connectivity index (χ3n) is 6.14. The van der Waals surface area contributed by atoms with Crippen molar-refractivity contribution in [3.05, 3.63) is 42.1 Å². The van der Waals surface area contributed by atoms with Crippen LogP contribution in [0.4, 0.5) is 0 Å². The first kappa shape index (κ1) is 17.6. The van der Waals surface area contributed by atoms with Gasteiger partial charge >= 0.3 is 0 Å². The topological polar surface area (TPSA) is 61.0 Å². The number of fused-ring (bicyclic) bond motifs is 9. The largest absolute Gasteiger partial charge is 0.504 e. The number of phenols is 1. The van der Waals surface area contributed by atoms with Gasteiger partial charge < -0.3 is 24.1 Å². The molecule has 30 heavy (non-hydrogen) atoms. The van der Waals surface area contributed by atoms with Crippen molar-refractivity contribution in [2.75, 3.05) is 27.1 Å². The maximum atomic E-state index is 11.1. The standard InChI is InChI=1S/C24H21NO5/c1-27-9-10-28-19-7-6-15-16-5-4-14-11-20-21(30-13-29-20)12-17(14)23(16)25-8-2-3-18(25)22(15)24(19)26/h4-7,11-12H,2-3,8-10,13H2,1H3/p+1. The molecule has 0 atom stereocenters. The molecule has 152 valence electrons. The number of phenolic OH excluding ortho intramolecular Hbond substituents is 1. The maximum Gasteiger partial charge on any atom is 0.231 e. The lowest BCUT2D eigenvalue weighted by molar-refractivity contribution is -0.662. The van der Waals surface area contributed by atoms with Crippen LogP contribution in [0.3, 0.4) is 0 Å². The van der Waals surface area contributed by atoms with Crippen molar-refractivity contribution < 1.29 is 28.6 Å². The summed E-state index contributed by atoms with van der Waals surface area (Å²) in [5.41, 5.74) is 2.33. The molecule has 0 aliphatic carbocycles. The minimum Gasteiger partial charge on any atom is -0.504 e. The highest BCUT2D eigenvalue weighted by Gasteiger charge is 2.31. The number of benzene rings is 3. The van der Waals surface area contributed by atoms with Gasteiger partial charge in [-0.3, -0.25) is 0 Å². The fraction of sp³-hybridized carbons (Fsp3) is 0.292. The molecule has 6 nitrogen and oxygen atoms in total. The van der Waals surface area contributed by atoms with Crippen LogP contribution in [0.1, 0.15) is 12.1 Å². The van der Waals surface area contributed by atoms with Crippen molar-refractivity contribution in [3.8, 4) is 23.0 Å². The number of pyridine rings is 1. The summed E-state index contributed by atoms with van der Waals surface area (Å²) in [5, 5.41) is 16.4. The summed E-state index contributed by atoms with van der Waals surface area (Å²) >= 11 is 0. The van der Waals surface area contributed by atoms with E-state index in [0.29, 0.717) is 19.0 Å². The normalized spacial score (nSPS) is 14.7. The number of ether oxygens (including phenoxy) is 4. The summed E-state index contributed by atoms with van der Waals surface area (Å²) < 4.78 is 24.4. The quantitative estimate of drug-likeness (QED) is 0.318. The van der Waals surface area contributed by atoms with Gasteiger partial charge in [-0.25, -0.2) is 0 Å². The Kier molecular flexibility index (Phi) is 3.89. The number of aryl methyl sites for hydroxylation is 2. The first-order valence-electron chi connectivity index (χ1n) is 10.2. The summed E-state index contributed by atoms with van der Waals surface area (Å²) in [6.45, 7) is 2.06. The molecule has 1 N–H and O–H groups in total. The maximum absolute atomic E-state index is 11.1. The molecule has 0 saturated carbocycles. The van der Waals surface area contributed by atoms with E-state index in [1.165, 1.54) is 5.52 Å². The fourth-order valence-electron chi connectivity index (χ4n) is 4.83. The molecule has 0 saturated heterocycles. The van der Waals surface area contributed by atoms with Gasteiger partial charge in [0.1, 0.15) is 13.2 Å². The predicted molar refractivity (Wildman–Crippen MR) is 113 cm³/mol. The molecule has 2 aliphatic rings. The summed E-state index contributed by atoms with van der Waals surface area (Å²) in [7, 11) is 1.64. The Balaban J connectivity index is 1.67. The third-order valence-corrected chi connectivity index (χ3v) is 6.14. The van der Waals surface area contributed by atoms with Gasteiger partial charge in [-0.15, -0.1) is 0 Å². The summed E-state index contributed by atoms with van der Waals surface area (Å²) in [6.07, 6.45) is 1.96. The van der Waals surface area contributed by atoms with E-state index in [-0.39, 0.29) is 12.5 Å². The Hall–Kier alpha value is -3.25. The molecule has 0 unspecified atom stereocenters. The van der Waals surface area contributed by atoms with E-state index in [4.69, 9.17) is 18.9 Å². The van der Waals surface area contributed by atoms with E-state index in [0.717, 1.165) is 63.5 Å². The lowest BCUT2D eigenvalue weighted by Gasteiger charge is -2.13. The van der Waals surface area contributed by atoms with Crippen LogP contribution < -0.4 is 18.8 Å². The molecule has 1 aromatic heterocycles. The van der Waals surface area contributed by atoms with Crippen LogP contribution in [0.5, 0.6) is 23.0 Å². The first-order valence-corrected chi connectivity index (χ1v) is 10.2. The smallest absolute Gasteiger partial charge is 0.231 e. The first-order chi connectivity index (χ1) is 14.8. The molecule has 4 aromatic rings. The van der Waals surface area contributed by atoms with Crippen LogP contribution >= 0.6 is 0 Å². The molecule has 0 fully saturated rings. The lowest BCUT2D eigenvalue weighted by atomic mass is 9.98. The van der Waals surface area contributed by atoms with E-state index < -0.39 is 0 Å². The second-order valence-corrected chi connectivity index (χ2v) is 7.77. The number of rotatable bonds is 4. The molecular weight excluding hydrogens is 382 g/mol. The van der Waals surface area contributed by atoms with Gasteiger partial charge in [0.2, 0.25) is 12.3 Å². The van der Waals surface area contributed by atoms with Gasteiger partial charge in [0, 0.05) is 25.3 Å². The molecule has 2 aliphatic heterocycles. The highest BCUT2D eigenvalue weighted by Crippen LogP contribution is 2.43. The van der Waals surface area contributed by atoms with E-state index >= 15 is 0 Å². The minimum absolute atomic E-state index is 0.210. The van der Waals surface area contributed by atoms with Crippen LogP contribution in [0.15, 0.2) is 36.4 Å². The average molecular weight is 404 g/mol. The summed E-state index contributed by atoms with van der Waals surface area (Å²) in [4.78, 5) is 0. The molecule has 0 spiro atoms. The van der Waals surface area contributed by atoms with Crippen molar-refractivity contribution >= 4 is 32.4 Å². The number of hydrogen-bond donors (Lipinski definition) is 1. The molecule has 0 bridgehead atoms. The van der Waals surface area contributed by atoms with Crippen molar-refractivity contribution in [2.45, 2.75) is 19.4 Å².